The number of nitrogens with one attached hydrogen (secondary N) is 3. The lowest BCUT2D eigenvalue weighted by atomic mass is 10.0. The Kier molecular flexibility index (Phi) is 15.5. The predicted molar refractivity (Wildman–Crippen MR) is 142 cm³/mol. The van der Waals surface area contributed by atoms with Crippen LogP contribution in [-0.2, 0) is 19.2 Å². The lowest BCUT2D eigenvalue weighted by Crippen LogP contribution is -2.57. The van der Waals surface area contributed by atoms with E-state index in [1.807, 2.05) is 13.8 Å². The average Bonchev–Trinajstić information content (AvgIpc) is 3.30. The van der Waals surface area contributed by atoms with Crippen molar-refractivity contribution in [2.75, 3.05) is 19.6 Å². The van der Waals surface area contributed by atoms with Gasteiger partial charge in [-0.25, -0.2) is 0 Å². The van der Waals surface area contributed by atoms with Gasteiger partial charge in [0.2, 0.25) is 17.7 Å². The van der Waals surface area contributed by atoms with Gasteiger partial charge in [-0.05, 0) is 70.4 Å². The summed E-state index contributed by atoms with van der Waals surface area (Å²) in [6.07, 6.45) is 6.72. The molecule has 7 N–H and O–H groups in total. The average molecular weight is 511 g/mol. The third-order valence-corrected chi connectivity index (χ3v) is 6.47. The first-order valence-electron chi connectivity index (χ1n) is 13.7. The van der Waals surface area contributed by atoms with Crippen LogP contribution in [0, 0.1) is 5.92 Å². The molecule has 0 spiro atoms. The van der Waals surface area contributed by atoms with Crippen LogP contribution in [0.5, 0.6) is 0 Å². The third kappa shape index (κ3) is 11.8. The van der Waals surface area contributed by atoms with E-state index in [4.69, 9.17) is 11.5 Å². The van der Waals surface area contributed by atoms with Crippen LogP contribution in [0.15, 0.2) is 0 Å². The maximum absolute atomic E-state index is 13.4. The molecule has 3 amide bonds. The molecule has 0 aromatic rings. The van der Waals surface area contributed by atoms with E-state index in [1.165, 1.54) is 0 Å². The molecule has 10 heteroatoms. The first-order valence-corrected chi connectivity index (χ1v) is 13.7. The molecule has 4 atom stereocenters. The first-order chi connectivity index (χ1) is 17.1. The van der Waals surface area contributed by atoms with Crippen LogP contribution in [0.25, 0.3) is 0 Å². The lowest BCUT2D eigenvalue weighted by molar-refractivity contribution is -0.139. The monoisotopic (exact) mass is 510 g/mol. The molecular formula is C26H50N6O4. The molecule has 0 aromatic heterocycles. The van der Waals surface area contributed by atoms with E-state index >= 15 is 0 Å². The van der Waals surface area contributed by atoms with Crippen molar-refractivity contribution in [1.29, 1.82) is 0 Å². The van der Waals surface area contributed by atoms with E-state index in [0.717, 1.165) is 44.9 Å². The normalized spacial score (nSPS) is 18.2. The zero-order valence-electron chi connectivity index (χ0n) is 22.8. The molecule has 1 heterocycles. The number of nitrogens with two attached hydrogens (primary N) is 2. The van der Waals surface area contributed by atoms with Crippen molar-refractivity contribution in [3.63, 3.8) is 0 Å². The van der Waals surface area contributed by atoms with Crippen LogP contribution in [0.1, 0.15) is 85.5 Å². The molecule has 10 nitrogen and oxygen atoms in total. The number of likely N-dealkylation sites (tertiary alicyclic amines) is 1. The van der Waals surface area contributed by atoms with Crippen molar-refractivity contribution in [3.8, 4) is 0 Å². The highest BCUT2D eigenvalue weighted by atomic mass is 16.2. The second kappa shape index (κ2) is 17.4. The van der Waals surface area contributed by atoms with Crippen molar-refractivity contribution in [2.24, 2.45) is 17.4 Å². The van der Waals surface area contributed by atoms with Gasteiger partial charge < -0.3 is 37.1 Å². The summed E-state index contributed by atoms with van der Waals surface area (Å²) in [6, 6.07) is -2.33. The number of hydrogen-bond donors (Lipinski definition) is 5. The fourth-order valence-electron chi connectivity index (χ4n) is 4.42. The molecule has 0 unspecified atom stereocenters. The van der Waals surface area contributed by atoms with Gasteiger partial charge in [-0.2, -0.15) is 0 Å². The molecule has 0 saturated carbocycles. The Morgan fingerprint density at radius 1 is 0.972 bits per heavy atom. The largest absolute Gasteiger partial charge is 0.343 e. The summed E-state index contributed by atoms with van der Waals surface area (Å²) in [5, 5.41) is 9.06. The van der Waals surface area contributed by atoms with Gasteiger partial charge >= 0.3 is 0 Å². The third-order valence-electron chi connectivity index (χ3n) is 6.47. The molecule has 1 aliphatic rings. The summed E-state index contributed by atoms with van der Waals surface area (Å²) in [5.41, 5.74) is 11.5. The van der Waals surface area contributed by atoms with E-state index < -0.39 is 30.1 Å². The molecule has 0 aliphatic carbocycles. The highest BCUT2D eigenvalue weighted by Crippen LogP contribution is 2.18. The highest BCUT2D eigenvalue weighted by Gasteiger charge is 2.35. The quantitative estimate of drug-likeness (QED) is 0.135. The second-order valence-electron chi connectivity index (χ2n) is 10.6. The Balaban J connectivity index is 2.90. The number of rotatable bonds is 18. The molecule has 1 saturated heterocycles. The van der Waals surface area contributed by atoms with Gasteiger partial charge in [-0.1, -0.05) is 34.1 Å². The van der Waals surface area contributed by atoms with Crippen molar-refractivity contribution >= 4 is 24.0 Å². The standard InChI is InChI=1S/C26H50N6O4/c1-18(2)16-23(31-24(34)21(28)11-5-7-13-27)25(35)30-22(12-6-8-14-29-19(3)4)26(36)32-15-9-10-20(32)17-33/h17-23,29H,5-16,27-28H2,1-4H3,(H,30,35)(H,31,34)/t20-,21+,22-,23-/m0/s1. The van der Waals surface area contributed by atoms with Crippen LogP contribution in [-0.4, -0.2) is 78.8 Å². The highest BCUT2D eigenvalue weighted by molar-refractivity contribution is 5.93. The Morgan fingerprint density at radius 2 is 1.64 bits per heavy atom. The summed E-state index contributed by atoms with van der Waals surface area (Å²) in [4.78, 5) is 52.4. The van der Waals surface area contributed by atoms with E-state index in [9.17, 15) is 19.2 Å². The van der Waals surface area contributed by atoms with Gasteiger partial charge in [-0.15, -0.1) is 0 Å². The topological polar surface area (TPSA) is 160 Å². The summed E-state index contributed by atoms with van der Waals surface area (Å²) in [5.74, 6) is -0.866. The Morgan fingerprint density at radius 3 is 2.25 bits per heavy atom. The van der Waals surface area contributed by atoms with Crippen molar-refractivity contribution < 1.29 is 19.2 Å². The fourth-order valence-corrected chi connectivity index (χ4v) is 4.42. The van der Waals surface area contributed by atoms with E-state index in [2.05, 4.69) is 29.8 Å². The Labute approximate surface area is 217 Å². The van der Waals surface area contributed by atoms with E-state index in [1.54, 1.807) is 4.90 Å². The molecule has 0 bridgehead atoms. The summed E-state index contributed by atoms with van der Waals surface area (Å²) < 4.78 is 0. The zero-order valence-corrected chi connectivity index (χ0v) is 22.8. The van der Waals surface area contributed by atoms with Crippen LogP contribution < -0.4 is 27.4 Å². The van der Waals surface area contributed by atoms with Crippen LogP contribution in [0.3, 0.4) is 0 Å². The summed E-state index contributed by atoms with van der Waals surface area (Å²) in [7, 11) is 0. The Bertz CT molecular complexity index is 687. The van der Waals surface area contributed by atoms with Crippen LogP contribution in [0.2, 0.25) is 0 Å². The van der Waals surface area contributed by atoms with Gasteiger partial charge in [-0.3, -0.25) is 14.4 Å². The molecular weight excluding hydrogens is 460 g/mol. The zero-order chi connectivity index (χ0) is 27.1. The van der Waals surface area contributed by atoms with Gasteiger partial charge in [0, 0.05) is 12.6 Å². The molecule has 36 heavy (non-hydrogen) atoms. The number of nitrogens with zero attached hydrogens (tertiary/aromatic N) is 1. The van der Waals surface area contributed by atoms with Crippen molar-refractivity contribution in [3.05, 3.63) is 0 Å². The number of unbranched alkanes of at least 4 members (excludes halogenated alkanes) is 2. The SMILES string of the molecule is CC(C)C[C@H](NC(=O)[C@H](N)CCCCN)C(=O)N[C@@H](CCCCNC(C)C)C(=O)N1CCC[C@H]1C=O. The number of hydrogen-bond acceptors (Lipinski definition) is 7. The lowest BCUT2D eigenvalue weighted by Gasteiger charge is -2.29. The minimum Gasteiger partial charge on any atom is -0.343 e. The number of carbonyl (C=O) groups excluding carboxylic acids is 4. The molecule has 208 valence electrons. The Hall–Kier alpha value is -2.04. The molecule has 1 aliphatic heterocycles. The van der Waals surface area contributed by atoms with Crippen LogP contribution >= 0.6 is 0 Å². The molecule has 0 radical (unpaired) electrons. The second-order valence-corrected chi connectivity index (χ2v) is 10.6. The summed E-state index contributed by atoms with van der Waals surface area (Å²) in [6.45, 7) is 9.96. The number of carbonyl (C=O) groups is 4. The van der Waals surface area contributed by atoms with Crippen molar-refractivity contribution in [2.45, 2.75) is 116 Å². The molecule has 0 aromatic carbocycles. The summed E-state index contributed by atoms with van der Waals surface area (Å²) >= 11 is 0. The minimum absolute atomic E-state index is 0.142. The predicted octanol–water partition coefficient (Wildman–Crippen LogP) is 0.817. The molecule has 1 fully saturated rings. The van der Waals surface area contributed by atoms with E-state index in [0.29, 0.717) is 44.8 Å². The van der Waals surface area contributed by atoms with Crippen molar-refractivity contribution in [1.82, 2.24) is 20.9 Å². The number of amides is 3. The first kappa shape index (κ1) is 32.0. The van der Waals surface area contributed by atoms with Gasteiger partial charge in [0.15, 0.2) is 0 Å². The van der Waals surface area contributed by atoms with Crippen LogP contribution in [0.4, 0.5) is 0 Å². The van der Waals surface area contributed by atoms with Gasteiger partial charge in [0.05, 0.1) is 12.1 Å². The fraction of sp³-hybridized carbons (Fsp3) is 0.846. The van der Waals surface area contributed by atoms with Gasteiger partial charge in [0.1, 0.15) is 18.4 Å². The van der Waals surface area contributed by atoms with Gasteiger partial charge in [0.25, 0.3) is 0 Å². The van der Waals surface area contributed by atoms with E-state index in [-0.39, 0.29) is 17.7 Å². The minimum atomic E-state index is -0.795. The smallest absolute Gasteiger partial charge is 0.245 e. The maximum atomic E-state index is 13.4. The molecule has 1 rings (SSSR count). The number of aldehydes is 1. The maximum Gasteiger partial charge on any atom is 0.245 e.